The number of amides is 1. The summed E-state index contributed by atoms with van der Waals surface area (Å²) < 4.78 is 16.8. The van der Waals surface area contributed by atoms with Gasteiger partial charge in [0.2, 0.25) is 5.91 Å². The number of piperazine rings is 1. The minimum atomic E-state index is -0.730. The molecule has 2 unspecified atom stereocenters. The van der Waals surface area contributed by atoms with Crippen LogP contribution in [-0.2, 0) is 4.79 Å². The van der Waals surface area contributed by atoms with E-state index in [-0.39, 0.29) is 57.5 Å². The zero-order valence-corrected chi connectivity index (χ0v) is 26.4. The van der Waals surface area contributed by atoms with Crippen molar-refractivity contribution in [1.29, 1.82) is 0 Å². The van der Waals surface area contributed by atoms with Crippen molar-refractivity contribution in [3.05, 3.63) is 69.9 Å². The van der Waals surface area contributed by atoms with Crippen LogP contribution in [0.1, 0.15) is 57.8 Å². The number of aromatic nitrogens is 5. The Hall–Kier alpha value is -4.58. The number of pyridine rings is 1. The highest BCUT2D eigenvalue weighted by molar-refractivity contribution is 6.37. The number of aromatic hydroxyl groups is 1. The molecule has 5 heterocycles. The number of halogens is 2. The highest BCUT2D eigenvalue weighted by atomic mass is 35.5. The molecule has 4 aromatic rings. The van der Waals surface area contributed by atoms with E-state index < -0.39 is 11.5 Å². The van der Waals surface area contributed by atoms with Crippen LogP contribution in [0.5, 0.6) is 5.75 Å². The van der Waals surface area contributed by atoms with Gasteiger partial charge >= 0.3 is 5.69 Å². The standard InChI is InChI=1S/C32H34ClFN8O3/c1-7-21(44)40-13-18-11-35-27-23-30(41(18)12-17(40)6)39-32(45)42(29-25(15(2)3)36-14-37-26(29)16(4)5)31(23)38-28(24(27)33)22-19(34)9-8-10-20(22)43/h7-10,14-18,35,43H,1,11-13H2,2-6H3. The van der Waals surface area contributed by atoms with Crippen LogP contribution in [0.25, 0.3) is 28.0 Å². The van der Waals surface area contributed by atoms with E-state index in [1.165, 1.54) is 35.2 Å². The van der Waals surface area contributed by atoms with Gasteiger partial charge in [0.15, 0.2) is 5.65 Å². The second kappa shape index (κ2) is 11.4. The van der Waals surface area contributed by atoms with Crippen molar-refractivity contribution < 1.29 is 14.3 Å². The number of carbonyl (C=O) groups excluding carboxylic acids is 1. The number of nitrogens with zero attached hydrogens (tertiary/aromatic N) is 7. The Bertz CT molecular complexity index is 1880. The van der Waals surface area contributed by atoms with Crippen LogP contribution in [0.4, 0.5) is 15.9 Å². The maximum Gasteiger partial charge on any atom is 0.355 e. The predicted molar refractivity (Wildman–Crippen MR) is 172 cm³/mol. The zero-order valence-electron chi connectivity index (χ0n) is 25.7. The number of rotatable bonds is 5. The van der Waals surface area contributed by atoms with Crippen LogP contribution in [0, 0.1) is 5.82 Å². The average Bonchev–Trinajstić information content (AvgIpc) is 3.15. The van der Waals surface area contributed by atoms with E-state index in [1.807, 2.05) is 39.5 Å². The van der Waals surface area contributed by atoms with Crippen molar-refractivity contribution >= 4 is 40.0 Å². The first-order chi connectivity index (χ1) is 21.4. The molecule has 0 aliphatic carbocycles. The number of carbonyl (C=O) groups is 1. The number of anilines is 2. The van der Waals surface area contributed by atoms with Gasteiger partial charge in [-0.2, -0.15) is 4.98 Å². The molecule has 1 saturated heterocycles. The molecule has 2 N–H and O–H groups in total. The molecular formula is C32H34ClFN8O3. The number of phenols is 1. The Balaban J connectivity index is 1.74. The van der Waals surface area contributed by atoms with Gasteiger partial charge < -0.3 is 20.2 Å². The molecule has 1 amide bonds. The van der Waals surface area contributed by atoms with Crippen molar-refractivity contribution in [3.63, 3.8) is 0 Å². The summed E-state index contributed by atoms with van der Waals surface area (Å²) in [6.45, 7) is 14.5. The summed E-state index contributed by atoms with van der Waals surface area (Å²) in [5, 5.41) is 14.7. The number of phenolic OH excluding ortho intramolecular Hbond substituents is 1. The molecule has 1 fully saturated rings. The van der Waals surface area contributed by atoms with Crippen molar-refractivity contribution in [2.45, 2.75) is 58.5 Å². The minimum Gasteiger partial charge on any atom is -0.507 e. The van der Waals surface area contributed by atoms with Gasteiger partial charge in [0.05, 0.1) is 44.8 Å². The molecule has 2 atom stereocenters. The monoisotopic (exact) mass is 632 g/mol. The number of hydrogen-bond donors (Lipinski definition) is 2. The predicted octanol–water partition coefficient (Wildman–Crippen LogP) is 5.00. The topological polar surface area (TPSA) is 129 Å². The Morgan fingerprint density at radius 3 is 2.47 bits per heavy atom. The highest BCUT2D eigenvalue weighted by Gasteiger charge is 2.39. The quantitative estimate of drug-likeness (QED) is 0.292. The second-order valence-electron chi connectivity index (χ2n) is 12.1. The molecule has 0 radical (unpaired) electrons. The van der Waals surface area contributed by atoms with Gasteiger partial charge in [0.25, 0.3) is 0 Å². The fourth-order valence-corrected chi connectivity index (χ4v) is 6.59. The second-order valence-corrected chi connectivity index (χ2v) is 12.4. The number of hydrogen-bond acceptors (Lipinski definition) is 9. The van der Waals surface area contributed by atoms with Crippen molar-refractivity contribution in [2.75, 3.05) is 29.9 Å². The lowest BCUT2D eigenvalue weighted by Crippen LogP contribution is -2.60. The largest absolute Gasteiger partial charge is 0.507 e. The molecule has 6 rings (SSSR count). The van der Waals surface area contributed by atoms with Crippen LogP contribution < -0.4 is 15.9 Å². The number of fused-ring (bicyclic) bond motifs is 2. The highest BCUT2D eigenvalue weighted by Crippen LogP contribution is 2.46. The smallest absolute Gasteiger partial charge is 0.355 e. The van der Waals surface area contributed by atoms with Crippen LogP contribution in [0.3, 0.4) is 0 Å². The Labute approximate surface area is 264 Å². The van der Waals surface area contributed by atoms with Gasteiger partial charge in [-0.3, -0.25) is 4.79 Å². The van der Waals surface area contributed by atoms with Crippen LogP contribution >= 0.6 is 11.6 Å². The third-order valence-electron chi connectivity index (χ3n) is 8.46. The van der Waals surface area contributed by atoms with E-state index in [2.05, 4.69) is 26.8 Å². The molecule has 0 spiro atoms. The average molecular weight is 633 g/mol. The van der Waals surface area contributed by atoms with Crippen molar-refractivity contribution in [1.82, 2.24) is 29.4 Å². The Morgan fingerprint density at radius 2 is 1.84 bits per heavy atom. The van der Waals surface area contributed by atoms with E-state index in [0.717, 1.165) is 0 Å². The molecule has 13 heteroatoms. The molecule has 2 aliphatic rings. The number of benzene rings is 1. The van der Waals surface area contributed by atoms with Gasteiger partial charge in [0, 0.05) is 25.7 Å². The molecule has 1 aromatic carbocycles. The maximum atomic E-state index is 15.4. The van der Waals surface area contributed by atoms with Crippen LogP contribution in [-0.4, -0.2) is 72.1 Å². The van der Waals surface area contributed by atoms with Crippen molar-refractivity contribution in [2.24, 2.45) is 0 Å². The molecule has 2 aliphatic heterocycles. The minimum absolute atomic E-state index is 0.0432. The molecule has 0 saturated carbocycles. The zero-order chi connectivity index (χ0) is 32.3. The van der Waals surface area contributed by atoms with E-state index >= 15 is 4.39 Å². The summed E-state index contributed by atoms with van der Waals surface area (Å²) in [5.74, 6) is -1.13. The Morgan fingerprint density at radius 1 is 1.16 bits per heavy atom. The van der Waals surface area contributed by atoms with Gasteiger partial charge in [-0.15, -0.1) is 0 Å². The van der Waals surface area contributed by atoms with Gasteiger partial charge in [-0.25, -0.2) is 28.7 Å². The lowest BCUT2D eigenvalue weighted by Gasteiger charge is -2.45. The van der Waals surface area contributed by atoms with Gasteiger partial charge in [0.1, 0.15) is 29.4 Å². The fourth-order valence-electron chi connectivity index (χ4n) is 6.30. The fraction of sp³-hybridized carbons (Fsp3) is 0.375. The number of nitrogens with one attached hydrogen (secondary N) is 1. The molecular weight excluding hydrogens is 599 g/mol. The third kappa shape index (κ3) is 4.87. The summed E-state index contributed by atoms with van der Waals surface area (Å²) in [4.78, 5) is 49.4. The first-order valence-electron chi connectivity index (χ1n) is 14.9. The first kappa shape index (κ1) is 30.4. The molecule has 0 bridgehead atoms. The van der Waals surface area contributed by atoms with E-state index in [0.29, 0.717) is 53.6 Å². The molecule has 234 valence electrons. The summed E-state index contributed by atoms with van der Waals surface area (Å²) in [6, 6.07) is 3.44. The summed E-state index contributed by atoms with van der Waals surface area (Å²) in [5.41, 5.74) is 1.36. The normalized spacial score (nSPS) is 17.8. The summed E-state index contributed by atoms with van der Waals surface area (Å²) in [7, 11) is 0. The first-order valence-corrected chi connectivity index (χ1v) is 15.2. The lowest BCUT2D eigenvalue weighted by molar-refractivity contribution is -0.128. The van der Waals surface area contributed by atoms with Gasteiger partial charge in [-0.1, -0.05) is 51.9 Å². The van der Waals surface area contributed by atoms with Crippen LogP contribution in [0.15, 0.2) is 42.0 Å². The summed E-state index contributed by atoms with van der Waals surface area (Å²) in [6.07, 6.45) is 2.77. The van der Waals surface area contributed by atoms with E-state index in [9.17, 15) is 14.7 Å². The molecule has 11 nitrogen and oxygen atoms in total. The van der Waals surface area contributed by atoms with E-state index in [4.69, 9.17) is 16.6 Å². The van der Waals surface area contributed by atoms with E-state index in [1.54, 1.807) is 4.90 Å². The Kier molecular flexibility index (Phi) is 7.72. The molecule has 45 heavy (non-hydrogen) atoms. The van der Waals surface area contributed by atoms with Gasteiger partial charge in [-0.05, 0) is 37.0 Å². The molecule has 3 aromatic heterocycles. The third-order valence-corrected chi connectivity index (χ3v) is 8.83. The summed E-state index contributed by atoms with van der Waals surface area (Å²) >= 11 is 7.04. The van der Waals surface area contributed by atoms with Crippen LogP contribution in [0.2, 0.25) is 5.02 Å². The maximum absolute atomic E-state index is 15.4. The lowest BCUT2D eigenvalue weighted by atomic mass is 10.0. The SMILES string of the molecule is C=CC(=O)N1CC2CNc3c(Cl)c(-c4c(O)cccc4F)nc4c3c(nc(=O)n4-c3c(C(C)C)ncnc3C(C)C)N2CC1C. The van der Waals surface area contributed by atoms with Crippen molar-refractivity contribution in [3.8, 4) is 22.7 Å².